The Morgan fingerprint density at radius 2 is 2.28 bits per heavy atom. The number of amides is 1. The van der Waals surface area contributed by atoms with Crippen molar-refractivity contribution in [3.8, 4) is 12.3 Å². The van der Waals surface area contributed by atoms with Crippen molar-refractivity contribution in [2.24, 2.45) is 0 Å². The molecule has 1 rings (SSSR count). The summed E-state index contributed by atoms with van der Waals surface area (Å²) < 4.78 is 5.31. The summed E-state index contributed by atoms with van der Waals surface area (Å²) >= 11 is 1.62. The summed E-state index contributed by atoms with van der Waals surface area (Å²) in [4.78, 5) is 13.7. The number of carbonyl (C=O) groups excluding carboxylic acids is 1. The second kappa shape index (κ2) is 6.55. The van der Waals surface area contributed by atoms with Crippen LogP contribution in [0.4, 0.5) is 0 Å². The maximum absolute atomic E-state index is 12.1. The lowest BCUT2D eigenvalue weighted by Gasteiger charge is -2.22. The van der Waals surface area contributed by atoms with Gasteiger partial charge in [-0.3, -0.25) is 4.79 Å². The number of hydrogen-bond donors (Lipinski definition) is 0. The van der Waals surface area contributed by atoms with Crippen LogP contribution in [0.25, 0.3) is 0 Å². The fourth-order valence-corrected chi connectivity index (χ4v) is 2.04. The Labute approximate surface area is 113 Å². The van der Waals surface area contributed by atoms with Crippen LogP contribution in [0.3, 0.4) is 0 Å². The first-order valence-corrected chi connectivity index (χ1v) is 6.78. The average Bonchev–Trinajstić information content (AvgIpc) is 2.77. The van der Waals surface area contributed by atoms with Crippen molar-refractivity contribution < 1.29 is 9.21 Å². The van der Waals surface area contributed by atoms with Crippen LogP contribution in [0.2, 0.25) is 0 Å². The van der Waals surface area contributed by atoms with E-state index in [1.54, 1.807) is 29.0 Å². The van der Waals surface area contributed by atoms with Gasteiger partial charge in [-0.1, -0.05) is 26.7 Å². The summed E-state index contributed by atoms with van der Waals surface area (Å²) in [6.07, 6.45) is 6.89. The van der Waals surface area contributed by atoms with E-state index in [1.165, 1.54) is 0 Å². The fraction of sp³-hybridized carbons (Fsp3) is 0.500. The van der Waals surface area contributed by atoms with Crippen LogP contribution in [0.15, 0.2) is 22.8 Å². The quantitative estimate of drug-likeness (QED) is 0.768. The zero-order chi connectivity index (χ0) is 13.6. The average molecular weight is 265 g/mol. The van der Waals surface area contributed by atoms with Crippen molar-refractivity contribution in [2.75, 3.05) is 12.3 Å². The van der Waals surface area contributed by atoms with Gasteiger partial charge in [-0.15, -0.1) is 18.2 Å². The molecule has 0 saturated carbocycles. The van der Waals surface area contributed by atoms with Crippen LogP contribution in [0, 0.1) is 12.3 Å². The van der Waals surface area contributed by atoms with E-state index in [0.717, 1.165) is 5.76 Å². The van der Waals surface area contributed by atoms with E-state index in [9.17, 15) is 4.79 Å². The fourth-order valence-electron chi connectivity index (χ4n) is 1.30. The van der Waals surface area contributed by atoms with Gasteiger partial charge < -0.3 is 9.32 Å². The molecule has 3 nitrogen and oxygen atoms in total. The number of thioether (sulfide) groups is 1. The van der Waals surface area contributed by atoms with Gasteiger partial charge in [0.15, 0.2) is 0 Å². The lowest BCUT2D eigenvalue weighted by Crippen LogP contribution is -2.33. The van der Waals surface area contributed by atoms with E-state index in [-0.39, 0.29) is 10.7 Å². The maximum Gasteiger partial charge on any atom is 0.233 e. The summed E-state index contributed by atoms with van der Waals surface area (Å²) in [7, 11) is 0. The molecule has 0 aromatic carbocycles. The lowest BCUT2D eigenvalue weighted by molar-refractivity contribution is -0.128. The van der Waals surface area contributed by atoms with E-state index in [4.69, 9.17) is 10.8 Å². The minimum atomic E-state index is 0.0456. The van der Waals surface area contributed by atoms with Gasteiger partial charge in [0.25, 0.3) is 0 Å². The molecular formula is C14H19NO2S. The minimum absolute atomic E-state index is 0.0456. The first-order chi connectivity index (χ1) is 8.42. The molecule has 0 spiro atoms. The molecule has 1 amide bonds. The van der Waals surface area contributed by atoms with Crippen LogP contribution in [-0.2, 0) is 11.3 Å². The molecule has 0 aliphatic rings. The van der Waals surface area contributed by atoms with Crippen molar-refractivity contribution in [3.05, 3.63) is 24.2 Å². The first kappa shape index (κ1) is 14.7. The molecule has 0 aliphatic heterocycles. The Morgan fingerprint density at radius 3 is 2.78 bits per heavy atom. The van der Waals surface area contributed by atoms with Gasteiger partial charge in [-0.25, -0.2) is 0 Å². The molecule has 98 valence electrons. The highest BCUT2D eigenvalue weighted by Crippen LogP contribution is 2.23. The standard InChI is InChI=1S/C14H19NO2S/c1-5-8-15(10-12-7-6-9-17-12)13(16)11-18-14(2,3)4/h1,6-7,9H,8,10-11H2,2-4H3. The van der Waals surface area contributed by atoms with Crippen LogP contribution < -0.4 is 0 Å². The molecule has 0 saturated heterocycles. The molecule has 1 aromatic heterocycles. The topological polar surface area (TPSA) is 33.5 Å². The first-order valence-electron chi connectivity index (χ1n) is 5.80. The smallest absolute Gasteiger partial charge is 0.233 e. The highest BCUT2D eigenvalue weighted by molar-refractivity contribution is 8.01. The molecule has 0 N–H and O–H groups in total. The SMILES string of the molecule is C#CCN(Cc1ccco1)C(=O)CSC(C)(C)C. The van der Waals surface area contributed by atoms with Crippen LogP contribution in [0.1, 0.15) is 26.5 Å². The minimum Gasteiger partial charge on any atom is -0.467 e. The third-order valence-electron chi connectivity index (χ3n) is 2.19. The molecule has 0 radical (unpaired) electrons. The monoisotopic (exact) mass is 265 g/mol. The number of furan rings is 1. The molecule has 1 aromatic rings. The number of carbonyl (C=O) groups is 1. The molecule has 1 heterocycles. The molecule has 18 heavy (non-hydrogen) atoms. The van der Waals surface area contributed by atoms with Crippen LogP contribution >= 0.6 is 11.8 Å². The number of rotatable bonds is 5. The highest BCUT2D eigenvalue weighted by Gasteiger charge is 2.18. The highest BCUT2D eigenvalue weighted by atomic mass is 32.2. The van der Waals surface area contributed by atoms with Gasteiger partial charge in [0.05, 0.1) is 25.1 Å². The van der Waals surface area contributed by atoms with Gasteiger partial charge in [-0.05, 0) is 12.1 Å². The van der Waals surface area contributed by atoms with Crippen molar-refractivity contribution in [1.29, 1.82) is 0 Å². The van der Waals surface area contributed by atoms with Gasteiger partial charge >= 0.3 is 0 Å². The molecule has 0 aliphatic carbocycles. The molecular weight excluding hydrogens is 246 g/mol. The van der Waals surface area contributed by atoms with E-state index >= 15 is 0 Å². The van der Waals surface area contributed by atoms with Crippen molar-refractivity contribution in [1.82, 2.24) is 4.90 Å². The number of hydrogen-bond acceptors (Lipinski definition) is 3. The van der Waals surface area contributed by atoms with Crippen LogP contribution in [-0.4, -0.2) is 27.9 Å². The molecule has 0 bridgehead atoms. The largest absolute Gasteiger partial charge is 0.467 e. The maximum atomic E-state index is 12.1. The second-order valence-electron chi connectivity index (χ2n) is 4.93. The normalized spacial score (nSPS) is 11.0. The van der Waals surface area contributed by atoms with Crippen molar-refractivity contribution in [2.45, 2.75) is 32.1 Å². The summed E-state index contributed by atoms with van der Waals surface area (Å²) in [5.41, 5.74) is 0. The molecule has 0 fully saturated rings. The third kappa shape index (κ3) is 5.33. The Morgan fingerprint density at radius 1 is 1.56 bits per heavy atom. The van der Waals surface area contributed by atoms with E-state index in [0.29, 0.717) is 18.8 Å². The zero-order valence-electron chi connectivity index (χ0n) is 11.1. The Bertz CT molecular complexity index is 412. The van der Waals surface area contributed by atoms with E-state index in [2.05, 4.69) is 26.7 Å². The Kier molecular flexibility index (Phi) is 5.36. The van der Waals surface area contributed by atoms with Gasteiger partial charge in [0, 0.05) is 4.75 Å². The Hall–Kier alpha value is -1.34. The van der Waals surface area contributed by atoms with Gasteiger partial charge in [0.2, 0.25) is 5.91 Å². The molecule has 4 heteroatoms. The summed E-state index contributed by atoms with van der Waals surface area (Å²) in [5, 5.41) is 0. The summed E-state index contributed by atoms with van der Waals surface area (Å²) in [6.45, 7) is 7.00. The predicted molar refractivity (Wildman–Crippen MR) is 75.2 cm³/mol. The van der Waals surface area contributed by atoms with Crippen LogP contribution in [0.5, 0.6) is 0 Å². The Balaban J connectivity index is 2.56. The van der Waals surface area contributed by atoms with Crippen molar-refractivity contribution in [3.63, 3.8) is 0 Å². The summed E-state index contributed by atoms with van der Waals surface area (Å²) in [6, 6.07) is 3.64. The second-order valence-corrected chi connectivity index (χ2v) is 6.74. The zero-order valence-corrected chi connectivity index (χ0v) is 11.9. The van der Waals surface area contributed by atoms with E-state index in [1.807, 2.05) is 6.07 Å². The third-order valence-corrected chi connectivity index (χ3v) is 3.45. The molecule has 0 atom stereocenters. The lowest BCUT2D eigenvalue weighted by atomic mass is 10.3. The van der Waals surface area contributed by atoms with Crippen molar-refractivity contribution >= 4 is 17.7 Å². The number of terminal acetylenes is 1. The number of nitrogens with zero attached hydrogens (tertiary/aromatic N) is 1. The van der Waals surface area contributed by atoms with Gasteiger partial charge in [0.1, 0.15) is 5.76 Å². The van der Waals surface area contributed by atoms with Gasteiger partial charge in [-0.2, -0.15) is 0 Å². The summed E-state index contributed by atoms with van der Waals surface area (Å²) in [5.74, 6) is 3.74. The molecule has 0 unspecified atom stereocenters. The van der Waals surface area contributed by atoms with E-state index < -0.39 is 0 Å². The predicted octanol–water partition coefficient (Wildman–Crippen LogP) is 2.77.